The number of aliphatic hydroxyl groups is 1. The predicted octanol–water partition coefficient (Wildman–Crippen LogP) is 4.01. The molecule has 3 aliphatic rings. The largest absolute Gasteiger partial charge is 0.393 e. The summed E-state index contributed by atoms with van der Waals surface area (Å²) in [4.78, 5) is 0. The highest BCUT2D eigenvalue weighted by molar-refractivity contribution is 5.12. The van der Waals surface area contributed by atoms with Crippen LogP contribution in [-0.2, 0) is 4.74 Å². The first-order valence-electron chi connectivity index (χ1n) is 8.69. The van der Waals surface area contributed by atoms with Gasteiger partial charge in [-0.1, -0.05) is 20.8 Å². The minimum Gasteiger partial charge on any atom is -0.393 e. The Bertz CT molecular complexity index is 364. The zero-order valence-corrected chi connectivity index (χ0v) is 13.7. The molecule has 0 aromatic carbocycles. The smallest absolute Gasteiger partial charge is 0.0579 e. The van der Waals surface area contributed by atoms with E-state index in [9.17, 15) is 5.11 Å². The molecule has 0 aliphatic heterocycles. The van der Waals surface area contributed by atoms with Crippen LogP contribution in [0.25, 0.3) is 0 Å². The van der Waals surface area contributed by atoms with Crippen LogP contribution in [-0.4, -0.2) is 23.9 Å². The highest BCUT2D eigenvalue weighted by atomic mass is 16.5. The van der Waals surface area contributed by atoms with Gasteiger partial charge in [-0.15, -0.1) is 0 Å². The fraction of sp³-hybridized carbons (Fsp3) is 1.00. The van der Waals surface area contributed by atoms with Gasteiger partial charge in [0, 0.05) is 6.61 Å². The van der Waals surface area contributed by atoms with Crippen molar-refractivity contribution in [3.8, 4) is 0 Å². The molecule has 0 spiro atoms. The molecule has 2 nitrogen and oxygen atoms in total. The van der Waals surface area contributed by atoms with E-state index in [2.05, 4.69) is 27.7 Å². The van der Waals surface area contributed by atoms with Gasteiger partial charge in [0.25, 0.3) is 0 Å². The average molecular weight is 280 g/mol. The van der Waals surface area contributed by atoms with E-state index in [0.29, 0.717) is 28.8 Å². The number of aliphatic hydroxyl groups excluding tert-OH is 1. The summed E-state index contributed by atoms with van der Waals surface area (Å²) < 4.78 is 5.87. The molecule has 0 radical (unpaired) electrons. The van der Waals surface area contributed by atoms with Crippen molar-refractivity contribution >= 4 is 0 Å². The monoisotopic (exact) mass is 280 g/mol. The van der Waals surface area contributed by atoms with Gasteiger partial charge in [0.1, 0.15) is 0 Å². The van der Waals surface area contributed by atoms with Crippen LogP contribution in [0.3, 0.4) is 0 Å². The molecule has 2 bridgehead atoms. The molecule has 3 fully saturated rings. The van der Waals surface area contributed by atoms with Crippen LogP contribution >= 0.6 is 0 Å². The Hall–Kier alpha value is -0.0800. The van der Waals surface area contributed by atoms with Crippen molar-refractivity contribution in [3.63, 3.8) is 0 Å². The molecule has 116 valence electrons. The van der Waals surface area contributed by atoms with Crippen LogP contribution in [0.2, 0.25) is 0 Å². The summed E-state index contributed by atoms with van der Waals surface area (Å²) in [6.45, 7) is 10.3. The van der Waals surface area contributed by atoms with Crippen molar-refractivity contribution in [1.29, 1.82) is 0 Å². The summed E-state index contributed by atoms with van der Waals surface area (Å²) >= 11 is 0. The zero-order valence-electron chi connectivity index (χ0n) is 13.7. The van der Waals surface area contributed by atoms with Crippen molar-refractivity contribution in [2.45, 2.75) is 78.4 Å². The van der Waals surface area contributed by atoms with Gasteiger partial charge >= 0.3 is 0 Å². The molecule has 3 saturated carbocycles. The molecular formula is C18H32O2. The van der Waals surface area contributed by atoms with E-state index >= 15 is 0 Å². The topological polar surface area (TPSA) is 29.5 Å². The Morgan fingerprint density at radius 2 is 1.85 bits per heavy atom. The van der Waals surface area contributed by atoms with Gasteiger partial charge in [0.05, 0.1) is 12.2 Å². The molecule has 0 aromatic rings. The van der Waals surface area contributed by atoms with Crippen molar-refractivity contribution < 1.29 is 9.84 Å². The summed E-state index contributed by atoms with van der Waals surface area (Å²) in [5.41, 5.74) is 0.882. The molecule has 1 N–H and O–H groups in total. The third-order valence-corrected chi connectivity index (χ3v) is 7.59. The first-order valence-corrected chi connectivity index (χ1v) is 8.69. The molecule has 0 heterocycles. The molecule has 0 amide bonds. The van der Waals surface area contributed by atoms with E-state index in [1.165, 1.54) is 19.3 Å². The van der Waals surface area contributed by atoms with Crippen LogP contribution in [0.1, 0.15) is 66.2 Å². The predicted molar refractivity (Wildman–Crippen MR) is 81.5 cm³/mol. The highest BCUT2D eigenvalue weighted by Crippen LogP contribution is 2.70. The van der Waals surface area contributed by atoms with Crippen molar-refractivity contribution in [1.82, 2.24) is 0 Å². The standard InChI is InChI=1S/C18H32O2/c1-5-20-13-6-7-16(19)14(11-13)15-10-12-8-9-18(15,4)17(12,2)3/h12-16,19H,5-11H2,1-4H3/t12-,13?,14?,15+,16?,18+/m0/s1. The zero-order chi connectivity index (χ0) is 14.5. The molecule has 3 rings (SSSR count). The Labute approximate surface area is 124 Å². The Kier molecular flexibility index (Phi) is 3.70. The van der Waals surface area contributed by atoms with E-state index < -0.39 is 0 Å². The lowest BCUT2D eigenvalue weighted by molar-refractivity contribution is -0.0727. The summed E-state index contributed by atoms with van der Waals surface area (Å²) in [5, 5.41) is 10.6. The molecule has 3 unspecified atom stereocenters. The summed E-state index contributed by atoms with van der Waals surface area (Å²) in [6, 6.07) is 0. The molecule has 20 heavy (non-hydrogen) atoms. The van der Waals surface area contributed by atoms with E-state index in [1.807, 2.05) is 0 Å². The van der Waals surface area contributed by atoms with Gasteiger partial charge < -0.3 is 9.84 Å². The molecule has 0 aromatic heterocycles. The summed E-state index contributed by atoms with van der Waals surface area (Å²) in [5.74, 6) is 2.04. The van der Waals surface area contributed by atoms with E-state index in [4.69, 9.17) is 4.74 Å². The molecule has 0 saturated heterocycles. The van der Waals surface area contributed by atoms with Gasteiger partial charge in [-0.05, 0) is 74.0 Å². The minimum atomic E-state index is -0.0938. The maximum Gasteiger partial charge on any atom is 0.0579 e. The van der Waals surface area contributed by atoms with Crippen molar-refractivity contribution in [3.05, 3.63) is 0 Å². The molecule has 3 aliphatic carbocycles. The first kappa shape index (κ1) is 14.8. The second-order valence-corrected chi connectivity index (χ2v) is 8.34. The number of fused-ring (bicyclic) bond motifs is 2. The normalized spacial score (nSPS) is 50.5. The second-order valence-electron chi connectivity index (χ2n) is 8.34. The summed E-state index contributed by atoms with van der Waals surface area (Å²) in [7, 11) is 0. The SMILES string of the molecule is CCOC1CCC(O)C([C@H]2C[C@@H]3CC[C@@]2(C)C3(C)C)C1. The number of hydrogen-bond donors (Lipinski definition) is 1. The third kappa shape index (κ3) is 1.98. The number of rotatable bonds is 3. The van der Waals surface area contributed by atoms with Gasteiger partial charge in [0.15, 0.2) is 0 Å². The Morgan fingerprint density at radius 1 is 1.10 bits per heavy atom. The van der Waals surface area contributed by atoms with Crippen LogP contribution in [0, 0.1) is 28.6 Å². The van der Waals surface area contributed by atoms with Gasteiger partial charge in [-0.3, -0.25) is 0 Å². The molecule has 6 atom stereocenters. The minimum absolute atomic E-state index is 0.0938. The molecule has 2 heteroatoms. The fourth-order valence-corrected chi connectivity index (χ4v) is 5.88. The highest BCUT2D eigenvalue weighted by Gasteiger charge is 2.63. The first-order chi connectivity index (χ1) is 9.40. The van der Waals surface area contributed by atoms with Gasteiger partial charge in [0.2, 0.25) is 0 Å². The number of ether oxygens (including phenoxy) is 1. The lowest BCUT2D eigenvalue weighted by atomic mass is 9.60. The average Bonchev–Trinajstić information content (AvgIpc) is 2.74. The van der Waals surface area contributed by atoms with Gasteiger partial charge in [-0.25, -0.2) is 0 Å². The van der Waals surface area contributed by atoms with E-state index in [1.54, 1.807) is 0 Å². The van der Waals surface area contributed by atoms with Crippen LogP contribution < -0.4 is 0 Å². The summed E-state index contributed by atoms with van der Waals surface area (Å²) in [6.07, 6.45) is 7.45. The van der Waals surface area contributed by atoms with Crippen molar-refractivity contribution in [2.75, 3.05) is 6.61 Å². The quantitative estimate of drug-likeness (QED) is 0.846. The maximum atomic E-state index is 10.6. The third-order valence-electron chi connectivity index (χ3n) is 7.59. The maximum absolute atomic E-state index is 10.6. The van der Waals surface area contributed by atoms with Gasteiger partial charge in [-0.2, -0.15) is 0 Å². The van der Waals surface area contributed by atoms with Crippen molar-refractivity contribution in [2.24, 2.45) is 28.6 Å². The molecular weight excluding hydrogens is 248 g/mol. The second kappa shape index (κ2) is 4.98. The lowest BCUT2D eigenvalue weighted by Gasteiger charge is -2.46. The van der Waals surface area contributed by atoms with Crippen LogP contribution in [0.4, 0.5) is 0 Å². The van der Waals surface area contributed by atoms with Crippen LogP contribution in [0.5, 0.6) is 0 Å². The Morgan fingerprint density at radius 3 is 2.40 bits per heavy atom. The lowest BCUT2D eigenvalue weighted by Crippen LogP contribution is -2.44. The van der Waals surface area contributed by atoms with Crippen LogP contribution in [0.15, 0.2) is 0 Å². The Balaban J connectivity index is 1.79. The number of hydrogen-bond acceptors (Lipinski definition) is 2. The van der Waals surface area contributed by atoms with E-state index in [0.717, 1.165) is 31.8 Å². The van der Waals surface area contributed by atoms with E-state index in [-0.39, 0.29) is 6.10 Å². The fourth-order valence-electron chi connectivity index (χ4n) is 5.88.